The minimum Gasteiger partial charge on any atom is -0.326 e. The summed E-state index contributed by atoms with van der Waals surface area (Å²) < 4.78 is 40.8. The maximum Gasteiger partial charge on any atom is 0.261 e. The maximum absolute atomic E-state index is 13.9. The molecule has 5 nitrogen and oxygen atoms in total. The molecule has 7 heteroatoms. The van der Waals surface area contributed by atoms with Crippen molar-refractivity contribution in [3.05, 3.63) is 53.3 Å². The van der Waals surface area contributed by atoms with E-state index in [1.807, 2.05) is 6.92 Å². The molecule has 2 aromatic carbocycles. The number of hydrogen-bond donors (Lipinski definition) is 2. The highest BCUT2D eigenvalue weighted by atomic mass is 32.2. The van der Waals surface area contributed by atoms with Gasteiger partial charge in [-0.1, -0.05) is 6.07 Å². The SMILES string of the molecule is CC(=O)Nc1ccc(F)c(NS(=O)(=O)c2ccc(C)c(C)c2)c1. The number of carbonyl (C=O) groups is 1. The van der Waals surface area contributed by atoms with Gasteiger partial charge in [0.1, 0.15) is 5.82 Å². The Morgan fingerprint density at radius 3 is 2.35 bits per heavy atom. The Morgan fingerprint density at radius 2 is 1.74 bits per heavy atom. The fourth-order valence-corrected chi connectivity index (χ4v) is 3.11. The number of benzene rings is 2. The van der Waals surface area contributed by atoms with Crippen LogP contribution in [0.5, 0.6) is 0 Å². The average Bonchev–Trinajstić information content (AvgIpc) is 2.44. The van der Waals surface area contributed by atoms with Crippen molar-refractivity contribution in [3.63, 3.8) is 0 Å². The predicted octanol–water partition coefficient (Wildman–Crippen LogP) is 3.20. The molecular weight excluding hydrogens is 319 g/mol. The molecule has 2 aromatic rings. The summed E-state index contributed by atoms with van der Waals surface area (Å²) in [6.07, 6.45) is 0. The summed E-state index contributed by atoms with van der Waals surface area (Å²) in [5.41, 5.74) is 1.86. The Morgan fingerprint density at radius 1 is 1.04 bits per heavy atom. The highest BCUT2D eigenvalue weighted by molar-refractivity contribution is 7.92. The zero-order valence-electron chi connectivity index (χ0n) is 13.0. The van der Waals surface area contributed by atoms with Crippen LogP contribution in [0.1, 0.15) is 18.1 Å². The molecule has 0 unspecified atom stereocenters. The number of hydrogen-bond acceptors (Lipinski definition) is 3. The molecule has 0 aliphatic rings. The molecule has 0 aliphatic carbocycles. The van der Waals surface area contributed by atoms with Gasteiger partial charge in [-0.15, -0.1) is 0 Å². The first kappa shape index (κ1) is 17.0. The van der Waals surface area contributed by atoms with Crippen molar-refractivity contribution in [2.45, 2.75) is 25.7 Å². The molecule has 1 amide bonds. The third kappa shape index (κ3) is 4.07. The Hall–Kier alpha value is -2.41. The second-order valence-electron chi connectivity index (χ2n) is 5.23. The highest BCUT2D eigenvalue weighted by Crippen LogP contribution is 2.24. The van der Waals surface area contributed by atoms with E-state index < -0.39 is 15.8 Å². The second-order valence-corrected chi connectivity index (χ2v) is 6.91. The van der Waals surface area contributed by atoms with Gasteiger partial charge in [-0.25, -0.2) is 12.8 Å². The van der Waals surface area contributed by atoms with Crippen LogP contribution < -0.4 is 10.0 Å². The van der Waals surface area contributed by atoms with E-state index in [1.165, 1.54) is 31.2 Å². The minimum atomic E-state index is -3.92. The molecule has 0 atom stereocenters. The number of anilines is 2. The number of rotatable bonds is 4. The molecule has 0 aromatic heterocycles. The number of sulfonamides is 1. The molecule has 0 saturated heterocycles. The zero-order valence-corrected chi connectivity index (χ0v) is 13.8. The van der Waals surface area contributed by atoms with Crippen LogP contribution in [0, 0.1) is 19.7 Å². The number of halogens is 1. The van der Waals surface area contributed by atoms with Gasteiger partial charge in [0.25, 0.3) is 10.0 Å². The van der Waals surface area contributed by atoms with Gasteiger partial charge >= 0.3 is 0 Å². The molecule has 0 saturated carbocycles. The molecule has 23 heavy (non-hydrogen) atoms. The third-order valence-corrected chi connectivity index (χ3v) is 4.68. The van der Waals surface area contributed by atoms with Gasteiger partial charge in [-0.3, -0.25) is 9.52 Å². The first-order valence-electron chi connectivity index (χ1n) is 6.86. The Kier molecular flexibility index (Phi) is 4.70. The molecule has 122 valence electrons. The van der Waals surface area contributed by atoms with Gasteiger partial charge in [-0.05, 0) is 55.3 Å². The van der Waals surface area contributed by atoms with Crippen molar-refractivity contribution in [2.75, 3.05) is 10.0 Å². The molecule has 2 rings (SSSR count). The van der Waals surface area contributed by atoms with Crippen LogP contribution in [0.3, 0.4) is 0 Å². The highest BCUT2D eigenvalue weighted by Gasteiger charge is 2.17. The largest absolute Gasteiger partial charge is 0.326 e. The monoisotopic (exact) mass is 336 g/mol. The van der Waals surface area contributed by atoms with Crippen molar-refractivity contribution in [3.8, 4) is 0 Å². The van der Waals surface area contributed by atoms with Crippen LogP contribution in [0.4, 0.5) is 15.8 Å². The quantitative estimate of drug-likeness (QED) is 0.900. The van der Waals surface area contributed by atoms with Crippen LogP contribution >= 0.6 is 0 Å². The minimum absolute atomic E-state index is 0.0462. The van der Waals surface area contributed by atoms with Crippen LogP contribution in [-0.2, 0) is 14.8 Å². The number of carbonyl (C=O) groups excluding carboxylic acids is 1. The lowest BCUT2D eigenvalue weighted by molar-refractivity contribution is -0.114. The topological polar surface area (TPSA) is 75.3 Å². The second kappa shape index (κ2) is 6.37. The smallest absolute Gasteiger partial charge is 0.261 e. The van der Waals surface area contributed by atoms with Crippen molar-refractivity contribution < 1.29 is 17.6 Å². The van der Waals surface area contributed by atoms with E-state index in [2.05, 4.69) is 10.0 Å². The summed E-state index contributed by atoms with van der Waals surface area (Å²) in [7, 11) is -3.92. The van der Waals surface area contributed by atoms with E-state index in [-0.39, 0.29) is 16.5 Å². The van der Waals surface area contributed by atoms with Gasteiger partial charge in [0.15, 0.2) is 0 Å². The van der Waals surface area contributed by atoms with Crippen molar-refractivity contribution >= 4 is 27.3 Å². The maximum atomic E-state index is 13.9. The van der Waals surface area contributed by atoms with Crippen molar-refractivity contribution in [1.82, 2.24) is 0 Å². The van der Waals surface area contributed by atoms with Gasteiger partial charge in [0, 0.05) is 12.6 Å². The first-order valence-corrected chi connectivity index (χ1v) is 8.34. The van der Waals surface area contributed by atoms with Gasteiger partial charge in [-0.2, -0.15) is 0 Å². The summed E-state index contributed by atoms with van der Waals surface area (Å²) in [6, 6.07) is 8.34. The number of aryl methyl sites for hydroxylation is 2. The standard InChI is InChI=1S/C16H17FN2O3S/c1-10-4-6-14(8-11(10)2)23(21,22)19-16-9-13(18-12(3)20)5-7-15(16)17/h4-9,19H,1-3H3,(H,18,20). The van der Waals surface area contributed by atoms with Crippen molar-refractivity contribution in [2.24, 2.45) is 0 Å². The number of amides is 1. The summed E-state index contributed by atoms with van der Waals surface area (Å²) in [5.74, 6) is -1.06. The molecule has 0 bridgehead atoms. The zero-order chi connectivity index (χ0) is 17.2. The first-order chi connectivity index (χ1) is 10.7. The van der Waals surface area contributed by atoms with Crippen LogP contribution in [-0.4, -0.2) is 14.3 Å². The molecular formula is C16H17FN2O3S. The van der Waals surface area contributed by atoms with Gasteiger partial charge < -0.3 is 5.32 Å². The predicted molar refractivity (Wildman–Crippen MR) is 87.4 cm³/mol. The van der Waals surface area contributed by atoms with Crippen LogP contribution in [0.2, 0.25) is 0 Å². The Balaban J connectivity index is 2.36. The third-order valence-electron chi connectivity index (χ3n) is 3.32. The molecule has 0 heterocycles. The lowest BCUT2D eigenvalue weighted by atomic mass is 10.1. The number of nitrogens with one attached hydrogen (secondary N) is 2. The molecule has 0 spiro atoms. The van der Waals surface area contributed by atoms with E-state index in [1.54, 1.807) is 13.0 Å². The summed E-state index contributed by atoms with van der Waals surface area (Å²) >= 11 is 0. The summed E-state index contributed by atoms with van der Waals surface area (Å²) in [6.45, 7) is 4.98. The Labute approximate surface area is 134 Å². The van der Waals surface area contributed by atoms with E-state index in [0.29, 0.717) is 5.69 Å². The van der Waals surface area contributed by atoms with Crippen LogP contribution in [0.25, 0.3) is 0 Å². The normalized spacial score (nSPS) is 11.1. The van der Waals surface area contributed by atoms with Gasteiger partial charge in [0.2, 0.25) is 5.91 Å². The van der Waals surface area contributed by atoms with E-state index in [4.69, 9.17) is 0 Å². The van der Waals surface area contributed by atoms with E-state index >= 15 is 0 Å². The lowest BCUT2D eigenvalue weighted by Gasteiger charge is -2.12. The van der Waals surface area contributed by atoms with Gasteiger partial charge in [0.05, 0.1) is 10.6 Å². The Bertz CT molecular complexity index is 864. The van der Waals surface area contributed by atoms with Crippen molar-refractivity contribution in [1.29, 1.82) is 0 Å². The van der Waals surface area contributed by atoms with Crippen LogP contribution in [0.15, 0.2) is 41.3 Å². The molecule has 0 aliphatic heterocycles. The molecule has 2 N–H and O–H groups in total. The fourth-order valence-electron chi connectivity index (χ4n) is 1.97. The van der Waals surface area contributed by atoms with E-state index in [9.17, 15) is 17.6 Å². The van der Waals surface area contributed by atoms with E-state index in [0.717, 1.165) is 17.2 Å². The summed E-state index contributed by atoms with van der Waals surface area (Å²) in [5, 5.41) is 2.47. The fraction of sp³-hybridized carbons (Fsp3) is 0.188. The molecule has 0 fully saturated rings. The molecule has 0 radical (unpaired) electrons. The average molecular weight is 336 g/mol. The summed E-state index contributed by atoms with van der Waals surface area (Å²) in [4.78, 5) is 11.1. The lowest BCUT2D eigenvalue weighted by Crippen LogP contribution is -2.15.